The Labute approximate surface area is 201 Å². The van der Waals surface area contributed by atoms with Gasteiger partial charge in [-0.2, -0.15) is 5.10 Å². The van der Waals surface area contributed by atoms with Gasteiger partial charge in [0.25, 0.3) is 5.91 Å². The standard InChI is InChI=1S/C24H21Cl3N2O3/c1-2-11-31-21-8-4-16(5-9-21)24(30)29-28-14-18-12-19(25)7-10-23(18)32-15-17-3-6-20(26)13-22(17)27/h3-10,12-14H,2,11,15H2,1H3,(H,29,30)/b28-14-. The van der Waals surface area contributed by atoms with Gasteiger partial charge in [-0.25, -0.2) is 5.43 Å². The van der Waals surface area contributed by atoms with E-state index < -0.39 is 0 Å². The Morgan fingerprint density at radius 2 is 1.69 bits per heavy atom. The summed E-state index contributed by atoms with van der Waals surface area (Å²) >= 11 is 18.3. The molecule has 0 aromatic heterocycles. The summed E-state index contributed by atoms with van der Waals surface area (Å²) in [5, 5.41) is 5.62. The molecule has 1 N–H and O–H groups in total. The van der Waals surface area contributed by atoms with Gasteiger partial charge < -0.3 is 9.47 Å². The van der Waals surface area contributed by atoms with E-state index in [1.165, 1.54) is 6.21 Å². The third kappa shape index (κ3) is 6.89. The molecule has 3 aromatic rings. The maximum absolute atomic E-state index is 12.3. The summed E-state index contributed by atoms with van der Waals surface area (Å²) in [7, 11) is 0. The molecular weight excluding hydrogens is 471 g/mol. The molecule has 0 unspecified atom stereocenters. The third-order valence-corrected chi connectivity index (χ3v) is 5.15. The summed E-state index contributed by atoms with van der Waals surface area (Å²) in [4.78, 5) is 12.3. The zero-order valence-corrected chi connectivity index (χ0v) is 19.5. The molecule has 3 rings (SSSR count). The molecule has 0 spiro atoms. The fraction of sp³-hybridized carbons (Fsp3) is 0.167. The third-order valence-electron chi connectivity index (χ3n) is 4.33. The van der Waals surface area contributed by atoms with Crippen LogP contribution in [0.2, 0.25) is 15.1 Å². The molecule has 0 fully saturated rings. The molecule has 8 heteroatoms. The summed E-state index contributed by atoms with van der Waals surface area (Å²) in [6.45, 7) is 2.89. The largest absolute Gasteiger partial charge is 0.494 e. The number of halogens is 3. The van der Waals surface area contributed by atoms with Crippen LogP contribution in [0, 0.1) is 0 Å². The van der Waals surface area contributed by atoms with E-state index in [0.29, 0.717) is 44.3 Å². The number of ether oxygens (including phenoxy) is 2. The minimum absolute atomic E-state index is 0.233. The first-order chi connectivity index (χ1) is 15.5. The van der Waals surface area contributed by atoms with Gasteiger partial charge in [0.1, 0.15) is 18.1 Å². The van der Waals surface area contributed by atoms with Gasteiger partial charge in [-0.15, -0.1) is 0 Å². The number of rotatable bonds is 9. The lowest BCUT2D eigenvalue weighted by Gasteiger charge is -2.11. The molecule has 166 valence electrons. The Morgan fingerprint density at radius 3 is 2.41 bits per heavy atom. The summed E-state index contributed by atoms with van der Waals surface area (Å²) in [6, 6.07) is 17.2. The monoisotopic (exact) mass is 490 g/mol. The Morgan fingerprint density at radius 1 is 0.969 bits per heavy atom. The smallest absolute Gasteiger partial charge is 0.271 e. The molecule has 0 bridgehead atoms. The van der Waals surface area contributed by atoms with Gasteiger partial charge in [0, 0.05) is 31.8 Å². The second kappa shape index (κ2) is 11.8. The molecule has 5 nitrogen and oxygen atoms in total. The van der Waals surface area contributed by atoms with Crippen molar-refractivity contribution in [1.29, 1.82) is 0 Å². The fourth-order valence-corrected chi connectivity index (χ4v) is 3.34. The maximum Gasteiger partial charge on any atom is 0.271 e. The van der Waals surface area contributed by atoms with E-state index in [4.69, 9.17) is 44.3 Å². The van der Waals surface area contributed by atoms with Crippen molar-refractivity contribution in [3.05, 3.63) is 92.4 Å². The van der Waals surface area contributed by atoms with Crippen molar-refractivity contribution in [3.63, 3.8) is 0 Å². The van der Waals surface area contributed by atoms with Crippen molar-refractivity contribution in [2.75, 3.05) is 6.61 Å². The lowest BCUT2D eigenvalue weighted by atomic mass is 10.2. The number of nitrogens with zero attached hydrogens (tertiary/aromatic N) is 1. The normalized spacial score (nSPS) is 10.9. The van der Waals surface area contributed by atoms with E-state index in [9.17, 15) is 4.79 Å². The Kier molecular flexibility index (Phi) is 8.80. The molecule has 0 aliphatic heterocycles. The average molecular weight is 492 g/mol. The highest BCUT2D eigenvalue weighted by Crippen LogP contribution is 2.25. The van der Waals surface area contributed by atoms with Crippen molar-refractivity contribution >= 4 is 46.9 Å². The molecule has 0 saturated heterocycles. The number of carbonyl (C=O) groups excluding carboxylic acids is 1. The first kappa shape index (κ1) is 23.9. The van der Waals surface area contributed by atoms with Crippen LogP contribution in [0.5, 0.6) is 11.5 Å². The lowest BCUT2D eigenvalue weighted by Crippen LogP contribution is -2.17. The van der Waals surface area contributed by atoms with Crippen LogP contribution in [0.1, 0.15) is 34.8 Å². The summed E-state index contributed by atoms with van der Waals surface area (Å²) < 4.78 is 11.4. The van der Waals surface area contributed by atoms with E-state index in [1.807, 2.05) is 6.92 Å². The van der Waals surface area contributed by atoms with E-state index in [2.05, 4.69) is 10.5 Å². The van der Waals surface area contributed by atoms with Crippen molar-refractivity contribution in [2.45, 2.75) is 20.0 Å². The van der Waals surface area contributed by atoms with Crippen LogP contribution >= 0.6 is 34.8 Å². The Bertz CT molecular complexity index is 1100. The molecule has 0 saturated carbocycles. The number of hydrazone groups is 1. The van der Waals surface area contributed by atoms with Crippen LogP contribution in [0.3, 0.4) is 0 Å². The number of carbonyl (C=O) groups is 1. The zero-order chi connectivity index (χ0) is 22.9. The van der Waals surface area contributed by atoms with Crippen molar-refractivity contribution < 1.29 is 14.3 Å². The molecule has 0 aliphatic rings. The number of amides is 1. The molecule has 0 atom stereocenters. The van der Waals surface area contributed by atoms with Crippen LogP contribution in [0.4, 0.5) is 0 Å². The topological polar surface area (TPSA) is 59.9 Å². The summed E-state index contributed by atoms with van der Waals surface area (Å²) in [5.41, 5.74) is 4.35. The van der Waals surface area contributed by atoms with E-state index in [-0.39, 0.29) is 12.5 Å². The molecule has 3 aromatic carbocycles. The second-order valence-corrected chi connectivity index (χ2v) is 8.06. The van der Waals surface area contributed by atoms with Crippen LogP contribution in [0.15, 0.2) is 65.8 Å². The maximum atomic E-state index is 12.3. The summed E-state index contributed by atoms with van der Waals surface area (Å²) in [6.07, 6.45) is 2.39. The predicted molar refractivity (Wildman–Crippen MR) is 130 cm³/mol. The Hall–Kier alpha value is -2.73. The molecule has 0 radical (unpaired) electrons. The van der Waals surface area contributed by atoms with E-state index in [0.717, 1.165) is 12.0 Å². The lowest BCUT2D eigenvalue weighted by molar-refractivity contribution is 0.0955. The fourth-order valence-electron chi connectivity index (χ4n) is 2.69. The van der Waals surface area contributed by atoms with Gasteiger partial charge >= 0.3 is 0 Å². The van der Waals surface area contributed by atoms with Gasteiger partial charge in [0.2, 0.25) is 0 Å². The van der Waals surface area contributed by atoms with Gasteiger partial charge in [-0.05, 0) is 61.0 Å². The highest BCUT2D eigenvalue weighted by molar-refractivity contribution is 6.35. The van der Waals surface area contributed by atoms with Crippen LogP contribution in [-0.4, -0.2) is 18.7 Å². The van der Waals surface area contributed by atoms with Gasteiger partial charge in [0.15, 0.2) is 0 Å². The second-order valence-electron chi connectivity index (χ2n) is 6.78. The predicted octanol–water partition coefficient (Wildman–Crippen LogP) is 6.78. The zero-order valence-electron chi connectivity index (χ0n) is 17.3. The minimum atomic E-state index is -0.347. The molecule has 1 amide bonds. The Balaban J connectivity index is 1.64. The number of hydrogen-bond donors (Lipinski definition) is 1. The number of benzene rings is 3. The van der Waals surface area contributed by atoms with Crippen molar-refractivity contribution in [1.82, 2.24) is 5.43 Å². The first-order valence-electron chi connectivity index (χ1n) is 9.89. The summed E-state index contributed by atoms with van der Waals surface area (Å²) in [5.74, 6) is 0.907. The highest BCUT2D eigenvalue weighted by atomic mass is 35.5. The SMILES string of the molecule is CCCOc1ccc(C(=O)N/N=C\c2cc(Cl)ccc2OCc2ccc(Cl)cc2Cl)cc1. The highest BCUT2D eigenvalue weighted by Gasteiger charge is 2.08. The molecule has 0 aliphatic carbocycles. The van der Waals surface area contributed by atoms with Crippen LogP contribution in [-0.2, 0) is 6.61 Å². The number of nitrogens with one attached hydrogen (secondary N) is 1. The van der Waals surface area contributed by atoms with Gasteiger partial charge in [-0.1, -0.05) is 47.8 Å². The molecule has 0 heterocycles. The minimum Gasteiger partial charge on any atom is -0.494 e. The van der Waals surface area contributed by atoms with Crippen molar-refractivity contribution in [2.24, 2.45) is 5.10 Å². The molecular formula is C24H21Cl3N2O3. The quantitative estimate of drug-likeness (QED) is 0.265. The molecule has 32 heavy (non-hydrogen) atoms. The average Bonchev–Trinajstić information content (AvgIpc) is 2.78. The number of hydrogen-bond acceptors (Lipinski definition) is 4. The van der Waals surface area contributed by atoms with Gasteiger partial charge in [-0.3, -0.25) is 4.79 Å². The van der Waals surface area contributed by atoms with E-state index in [1.54, 1.807) is 60.7 Å². The van der Waals surface area contributed by atoms with E-state index >= 15 is 0 Å². The van der Waals surface area contributed by atoms with Crippen LogP contribution < -0.4 is 14.9 Å². The van der Waals surface area contributed by atoms with Crippen molar-refractivity contribution in [3.8, 4) is 11.5 Å². The first-order valence-corrected chi connectivity index (χ1v) is 11.0. The van der Waals surface area contributed by atoms with Crippen LogP contribution in [0.25, 0.3) is 0 Å². The van der Waals surface area contributed by atoms with Gasteiger partial charge in [0.05, 0.1) is 12.8 Å².